The van der Waals surface area contributed by atoms with Crippen molar-refractivity contribution in [2.45, 2.75) is 44.4 Å². The second-order valence-corrected chi connectivity index (χ2v) is 7.34. The summed E-state index contributed by atoms with van der Waals surface area (Å²) < 4.78 is 16.6. The van der Waals surface area contributed by atoms with Crippen molar-refractivity contribution in [1.82, 2.24) is 20.1 Å². The van der Waals surface area contributed by atoms with Gasteiger partial charge in [0, 0.05) is 45.1 Å². The topological polar surface area (TPSA) is 102 Å². The van der Waals surface area contributed by atoms with Crippen LogP contribution in [-0.4, -0.2) is 84.0 Å². The molecule has 3 aliphatic heterocycles. The molecule has 3 fully saturated rings. The van der Waals surface area contributed by atoms with Crippen LogP contribution in [0, 0.1) is 0 Å². The first-order valence-corrected chi connectivity index (χ1v) is 10.1. The highest BCUT2D eigenvalue weighted by Gasteiger charge is 2.40. The maximum absolute atomic E-state index is 11.8. The minimum Gasteiger partial charge on any atom is -0.450 e. The van der Waals surface area contributed by atoms with Crippen molar-refractivity contribution in [1.29, 1.82) is 0 Å². The fourth-order valence-electron chi connectivity index (χ4n) is 3.96. The van der Waals surface area contributed by atoms with Crippen LogP contribution in [0.4, 0.5) is 16.6 Å². The van der Waals surface area contributed by atoms with Crippen LogP contribution in [0.25, 0.3) is 0 Å². The van der Waals surface area contributed by atoms with Crippen molar-refractivity contribution in [3.8, 4) is 0 Å². The van der Waals surface area contributed by atoms with Gasteiger partial charge in [0.15, 0.2) is 11.6 Å². The molecule has 0 aromatic carbocycles. The lowest BCUT2D eigenvalue weighted by Crippen LogP contribution is -2.46. The lowest BCUT2D eigenvalue weighted by Gasteiger charge is -2.37. The Kier molecular flexibility index (Phi) is 5.77. The number of hydrogen-bond donors (Lipinski definition) is 1. The molecular formula is C18H28N6O4. The molecule has 154 valence electrons. The van der Waals surface area contributed by atoms with Crippen molar-refractivity contribution in [3.63, 3.8) is 0 Å². The maximum atomic E-state index is 11.8. The van der Waals surface area contributed by atoms with Crippen LogP contribution < -0.4 is 10.2 Å². The number of nitrogens with zero attached hydrogens (tertiary/aromatic N) is 5. The number of likely N-dealkylation sites (tertiary alicyclic amines) is 1. The van der Waals surface area contributed by atoms with Crippen molar-refractivity contribution >= 4 is 17.9 Å². The van der Waals surface area contributed by atoms with E-state index in [0.29, 0.717) is 44.7 Å². The van der Waals surface area contributed by atoms with E-state index in [1.54, 1.807) is 11.1 Å². The van der Waals surface area contributed by atoms with E-state index in [1.165, 1.54) is 0 Å². The van der Waals surface area contributed by atoms with E-state index in [0.717, 1.165) is 38.8 Å². The van der Waals surface area contributed by atoms with Crippen LogP contribution in [0.2, 0.25) is 0 Å². The predicted octanol–water partition coefficient (Wildman–Crippen LogP) is 1.25. The van der Waals surface area contributed by atoms with Gasteiger partial charge < -0.3 is 29.3 Å². The number of carbonyl (C=O) groups excluding carboxylic acids is 1. The molecule has 28 heavy (non-hydrogen) atoms. The van der Waals surface area contributed by atoms with Gasteiger partial charge in [0.1, 0.15) is 0 Å². The molecule has 10 nitrogen and oxygen atoms in total. The monoisotopic (exact) mass is 392 g/mol. The number of piperidine rings is 2. The zero-order valence-electron chi connectivity index (χ0n) is 16.3. The van der Waals surface area contributed by atoms with Crippen molar-refractivity contribution in [2.24, 2.45) is 0 Å². The molecule has 0 bridgehead atoms. The SMILES string of the molecule is CCOC(=O)N1CCC(Nc2cnnc(N3CCC4(CC3)OCCO4)n2)CC1. The number of carbonyl (C=O) groups is 1. The fourth-order valence-corrected chi connectivity index (χ4v) is 3.96. The van der Waals surface area contributed by atoms with Crippen molar-refractivity contribution in [3.05, 3.63) is 6.20 Å². The minimum absolute atomic E-state index is 0.231. The highest BCUT2D eigenvalue weighted by molar-refractivity contribution is 5.67. The summed E-state index contributed by atoms with van der Waals surface area (Å²) in [5, 5.41) is 11.8. The Morgan fingerprint density at radius 2 is 1.96 bits per heavy atom. The maximum Gasteiger partial charge on any atom is 0.409 e. The molecule has 0 atom stereocenters. The number of amides is 1. The van der Waals surface area contributed by atoms with Gasteiger partial charge in [0.2, 0.25) is 5.95 Å². The van der Waals surface area contributed by atoms with Crippen LogP contribution in [0.15, 0.2) is 6.20 Å². The number of rotatable bonds is 4. The van der Waals surface area contributed by atoms with E-state index >= 15 is 0 Å². The third kappa shape index (κ3) is 4.27. The molecule has 1 spiro atoms. The lowest BCUT2D eigenvalue weighted by molar-refractivity contribution is -0.169. The Morgan fingerprint density at radius 3 is 2.64 bits per heavy atom. The molecular weight excluding hydrogens is 364 g/mol. The van der Waals surface area contributed by atoms with Gasteiger partial charge in [-0.15, -0.1) is 5.10 Å². The van der Waals surface area contributed by atoms with Gasteiger partial charge in [0.05, 0.1) is 26.0 Å². The molecule has 4 rings (SSSR count). The van der Waals surface area contributed by atoms with Gasteiger partial charge in [-0.1, -0.05) is 0 Å². The van der Waals surface area contributed by atoms with Gasteiger partial charge in [-0.25, -0.2) is 4.79 Å². The van der Waals surface area contributed by atoms with Crippen LogP contribution in [0.5, 0.6) is 0 Å². The molecule has 3 saturated heterocycles. The zero-order valence-corrected chi connectivity index (χ0v) is 16.3. The van der Waals surface area contributed by atoms with E-state index in [-0.39, 0.29) is 12.1 Å². The number of ether oxygens (including phenoxy) is 3. The second kappa shape index (κ2) is 8.44. The largest absolute Gasteiger partial charge is 0.450 e. The third-order valence-corrected chi connectivity index (χ3v) is 5.54. The number of anilines is 2. The summed E-state index contributed by atoms with van der Waals surface area (Å²) in [5.41, 5.74) is 0. The van der Waals surface area contributed by atoms with Gasteiger partial charge in [0.25, 0.3) is 0 Å². The van der Waals surface area contributed by atoms with Crippen LogP contribution in [0.3, 0.4) is 0 Å². The molecule has 0 aliphatic carbocycles. The Bertz CT molecular complexity index is 666. The average Bonchev–Trinajstić information content (AvgIpc) is 3.17. The summed E-state index contributed by atoms with van der Waals surface area (Å²) in [6.45, 7) is 6.49. The highest BCUT2D eigenvalue weighted by atomic mass is 16.7. The molecule has 1 aromatic heterocycles. The fraction of sp³-hybridized carbons (Fsp3) is 0.778. The zero-order chi connectivity index (χ0) is 19.4. The van der Waals surface area contributed by atoms with Crippen LogP contribution in [0.1, 0.15) is 32.6 Å². The van der Waals surface area contributed by atoms with Gasteiger partial charge in [-0.3, -0.25) is 0 Å². The first-order chi connectivity index (χ1) is 13.7. The summed E-state index contributed by atoms with van der Waals surface area (Å²) in [4.78, 5) is 20.3. The summed E-state index contributed by atoms with van der Waals surface area (Å²) in [7, 11) is 0. The normalized spacial score (nSPS) is 22.5. The van der Waals surface area contributed by atoms with E-state index in [1.807, 2.05) is 6.92 Å². The van der Waals surface area contributed by atoms with Crippen molar-refractivity contribution < 1.29 is 19.0 Å². The predicted molar refractivity (Wildman–Crippen MR) is 101 cm³/mol. The van der Waals surface area contributed by atoms with Crippen LogP contribution >= 0.6 is 0 Å². The van der Waals surface area contributed by atoms with Gasteiger partial charge in [-0.2, -0.15) is 10.1 Å². The molecule has 10 heteroatoms. The van der Waals surface area contributed by atoms with Crippen molar-refractivity contribution in [2.75, 3.05) is 56.2 Å². The van der Waals surface area contributed by atoms with Gasteiger partial charge in [-0.05, 0) is 19.8 Å². The van der Waals surface area contributed by atoms with E-state index in [9.17, 15) is 4.79 Å². The lowest BCUT2D eigenvalue weighted by atomic mass is 10.0. The third-order valence-electron chi connectivity index (χ3n) is 5.54. The van der Waals surface area contributed by atoms with E-state index < -0.39 is 5.79 Å². The van der Waals surface area contributed by atoms with E-state index in [4.69, 9.17) is 14.2 Å². The van der Waals surface area contributed by atoms with Gasteiger partial charge >= 0.3 is 6.09 Å². The molecule has 1 N–H and O–H groups in total. The highest BCUT2D eigenvalue weighted by Crippen LogP contribution is 2.32. The Morgan fingerprint density at radius 1 is 1.25 bits per heavy atom. The Balaban J connectivity index is 1.29. The first kappa shape index (κ1) is 19.1. The second-order valence-electron chi connectivity index (χ2n) is 7.34. The summed E-state index contributed by atoms with van der Waals surface area (Å²) in [5.74, 6) is 0.933. The first-order valence-electron chi connectivity index (χ1n) is 10.1. The quantitative estimate of drug-likeness (QED) is 0.811. The molecule has 1 amide bonds. The molecule has 0 unspecified atom stereocenters. The van der Waals surface area contributed by atoms with Crippen LogP contribution in [-0.2, 0) is 14.2 Å². The Labute approximate surface area is 164 Å². The number of hydrogen-bond acceptors (Lipinski definition) is 9. The molecule has 0 radical (unpaired) electrons. The summed E-state index contributed by atoms with van der Waals surface area (Å²) in [6, 6.07) is 0.250. The smallest absolute Gasteiger partial charge is 0.409 e. The minimum atomic E-state index is -0.410. The number of nitrogens with one attached hydrogen (secondary N) is 1. The molecule has 1 aromatic rings. The standard InChI is InChI=1S/C18H28N6O4/c1-2-26-17(25)24-7-3-14(4-8-24)20-15-13-19-22-16(21-15)23-9-5-18(6-10-23)27-11-12-28-18/h13-14H,2-12H2,1H3,(H,20,21,22). The summed E-state index contributed by atoms with van der Waals surface area (Å²) >= 11 is 0. The van der Waals surface area contributed by atoms with E-state index in [2.05, 4.69) is 25.4 Å². The molecule has 0 saturated carbocycles. The molecule has 4 heterocycles. The molecule has 3 aliphatic rings. The Hall–Kier alpha value is -2.20. The summed E-state index contributed by atoms with van der Waals surface area (Å²) in [6.07, 6.45) is 4.72. The average molecular weight is 392 g/mol. The number of aromatic nitrogens is 3.